The van der Waals surface area contributed by atoms with Crippen LogP contribution in [0.1, 0.15) is 6.92 Å². The maximum Gasteiger partial charge on any atom is 0.221 e. The van der Waals surface area contributed by atoms with Crippen LogP contribution in [0.4, 0.5) is 5.82 Å². The van der Waals surface area contributed by atoms with E-state index in [-0.39, 0.29) is 0 Å². The van der Waals surface area contributed by atoms with Crippen LogP contribution < -0.4 is 10.1 Å². The van der Waals surface area contributed by atoms with E-state index in [0.29, 0.717) is 21.7 Å². The molecule has 0 atom stereocenters. The molecule has 1 aromatic heterocycles. The van der Waals surface area contributed by atoms with Gasteiger partial charge in [0.2, 0.25) is 5.88 Å². The van der Waals surface area contributed by atoms with E-state index < -0.39 is 0 Å². The van der Waals surface area contributed by atoms with Gasteiger partial charge in [-0.25, -0.2) is 0 Å². The molecular weight excluding hydrogens is 271 g/mol. The Kier molecular flexibility index (Phi) is 4.28. The van der Waals surface area contributed by atoms with Crippen LogP contribution in [0.15, 0.2) is 36.4 Å². The van der Waals surface area contributed by atoms with E-state index in [2.05, 4.69) is 10.3 Å². The monoisotopic (exact) mass is 282 g/mol. The summed E-state index contributed by atoms with van der Waals surface area (Å²) in [6, 6.07) is 10.7. The van der Waals surface area contributed by atoms with Crippen molar-refractivity contribution in [2.45, 2.75) is 6.92 Å². The van der Waals surface area contributed by atoms with Crippen LogP contribution in [0.3, 0.4) is 0 Å². The van der Waals surface area contributed by atoms with Gasteiger partial charge in [0.25, 0.3) is 0 Å². The van der Waals surface area contributed by atoms with Crippen molar-refractivity contribution in [3.8, 4) is 11.6 Å². The van der Waals surface area contributed by atoms with Gasteiger partial charge >= 0.3 is 0 Å². The lowest BCUT2D eigenvalue weighted by atomic mass is 10.3. The molecule has 5 heteroatoms. The summed E-state index contributed by atoms with van der Waals surface area (Å²) < 4.78 is 5.61. The van der Waals surface area contributed by atoms with Crippen LogP contribution in [0.25, 0.3) is 0 Å². The van der Waals surface area contributed by atoms with Crippen molar-refractivity contribution in [2.24, 2.45) is 0 Å². The quantitative estimate of drug-likeness (QED) is 0.889. The number of ether oxygens (including phenoxy) is 1. The second-order valence-electron chi connectivity index (χ2n) is 3.55. The zero-order valence-electron chi connectivity index (χ0n) is 9.78. The normalized spacial score (nSPS) is 10.2. The van der Waals surface area contributed by atoms with Gasteiger partial charge in [-0.3, -0.25) is 0 Å². The van der Waals surface area contributed by atoms with E-state index >= 15 is 0 Å². The molecule has 0 saturated carbocycles. The number of hydrogen-bond donors (Lipinski definition) is 1. The molecular formula is C13H12Cl2N2O. The zero-order valence-corrected chi connectivity index (χ0v) is 11.3. The van der Waals surface area contributed by atoms with Crippen molar-refractivity contribution in [3.63, 3.8) is 0 Å². The van der Waals surface area contributed by atoms with Crippen LogP contribution in [-0.2, 0) is 0 Å². The third-order valence-corrected chi connectivity index (χ3v) is 3.01. The SMILES string of the molecule is CCNc1cccc(Oc2cccc(Cl)c2Cl)n1. The summed E-state index contributed by atoms with van der Waals surface area (Å²) in [6.45, 7) is 2.80. The van der Waals surface area contributed by atoms with Crippen LogP contribution in [0, 0.1) is 0 Å². The summed E-state index contributed by atoms with van der Waals surface area (Å²) in [4.78, 5) is 4.29. The first-order valence-electron chi connectivity index (χ1n) is 5.53. The molecule has 18 heavy (non-hydrogen) atoms. The molecule has 3 nitrogen and oxygen atoms in total. The Morgan fingerprint density at radius 3 is 2.72 bits per heavy atom. The van der Waals surface area contributed by atoms with Gasteiger partial charge in [-0.1, -0.05) is 35.3 Å². The number of aromatic nitrogens is 1. The number of nitrogens with one attached hydrogen (secondary N) is 1. The van der Waals surface area contributed by atoms with Crippen LogP contribution in [-0.4, -0.2) is 11.5 Å². The smallest absolute Gasteiger partial charge is 0.221 e. The van der Waals surface area contributed by atoms with Crippen molar-refractivity contribution in [1.82, 2.24) is 4.98 Å². The molecule has 0 fully saturated rings. The molecule has 94 valence electrons. The minimum atomic E-state index is 0.384. The molecule has 0 radical (unpaired) electrons. The second-order valence-corrected chi connectivity index (χ2v) is 4.33. The minimum Gasteiger partial charge on any atom is -0.437 e. The molecule has 0 bridgehead atoms. The third kappa shape index (κ3) is 3.06. The predicted molar refractivity (Wildman–Crippen MR) is 74.9 cm³/mol. The van der Waals surface area contributed by atoms with Gasteiger partial charge in [0.05, 0.1) is 5.02 Å². The van der Waals surface area contributed by atoms with Gasteiger partial charge in [-0.15, -0.1) is 0 Å². The van der Waals surface area contributed by atoms with E-state index in [9.17, 15) is 0 Å². The Labute approximate surface area is 116 Å². The van der Waals surface area contributed by atoms with Gasteiger partial charge in [-0.05, 0) is 25.1 Å². The first kappa shape index (κ1) is 13.0. The molecule has 2 aromatic rings. The van der Waals surface area contributed by atoms with Gasteiger partial charge in [-0.2, -0.15) is 4.98 Å². The maximum atomic E-state index is 6.04. The fourth-order valence-electron chi connectivity index (χ4n) is 1.43. The summed E-state index contributed by atoms with van der Waals surface area (Å²) >= 11 is 12.0. The fourth-order valence-corrected chi connectivity index (χ4v) is 1.76. The highest BCUT2D eigenvalue weighted by atomic mass is 35.5. The molecule has 1 heterocycles. The Bertz CT molecular complexity index is 546. The van der Waals surface area contributed by atoms with E-state index in [4.69, 9.17) is 27.9 Å². The second kappa shape index (κ2) is 5.94. The number of rotatable bonds is 4. The number of anilines is 1. The summed E-state index contributed by atoms with van der Waals surface area (Å²) in [5.74, 6) is 1.72. The molecule has 0 aliphatic heterocycles. The lowest BCUT2D eigenvalue weighted by Crippen LogP contribution is -1.99. The molecule has 0 saturated heterocycles. The first-order valence-corrected chi connectivity index (χ1v) is 6.29. The van der Waals surface area contributed by atoms with E-state index in [1.165, 1.54) is 0 Å². The molecule has 0 amide bonds. The van der Waals surface area contributed by atoms with Crippen LogP contribution >= 0.6 is 23.2 Å². The number of nitrogens with zero attached hydrogens (tertiary/aromatic N) is 1. The van der Waals surface area contributed by atoms with Gasteiger partial charge < -0.3 is 10.1 Å². The third-order valence-electron chi connectivity index (χ3n) is 2.21. The highest BCUT2D eigenvalue weighted by Gasteiger charge is 2.07. The summed E-state index contributed by atoms with van der Waals surface area (Å²) in [5, 5.41) is 3.95. The number of halogens is 2. The Morgan fingerprint density at radius 1 is 1.17 bits per heavy atom. The molecule has 1 N–H and O–H groups in total. The Balaban J connectivity index is 2.23. The average molecular weight is 283 g/mol. The Hall–Kier alpha value is -1.45. The van der Waals surface area contributed by atoms with Crippen molar-refractivity contribution in [3.05, 3.63) is 46.4 Å². The van der Waals surface area contributed by atoms with Gasteiger partial charge in [0.15, 0.2) is 0 Å². The molecule has 0 aliphatic rings. The highest BCUT2D eigenvalue weighted by Crippen LogP contribution is 2.34. The van der Waals surface area contributed by atoms with Crippen molar-refractivity contribution in [1.29, 1.82) is 0 Å². The largest absolute Gasteiger partial charge is 0.437 e. The molecule has 1 aromatic carbocycles. The van der Waals surface area contributed by atoms with Crippen LogP contribution in [0.2, 0.25) is 10.0 Å². The fraction of sp³-hybridized carbons (Fsp3) is 0.154. The number of pyridine rings is 1. The lowest BCUT2D eigenvalue weighted by Gasteiger charge is -2.09. The Morgan fingerprint density at radius 2 is 1.94 bits per heavy atom. The summed E-state index contributed by atoms with van der Waals surface area (Å²) in [5.41, 5.74) is 0. The molecule has 2 rings (SSSR count). The maximum absolute atomic E-state index is 6.04. The lowest BCUT2D eigenvalue weighted by molar-refractivity contribution is 0.464. The zero-order chi connectivity index (χ0) is 13.0. The van der Waals surface area contributed by atoms with Crippen molar-refractivity contribution in [2.75, 3.05) is 11.9 Å². The van der Waals surface area contributed by atoms with Gasteiger partial charge in [0.1, 0.15) is 16.6 Å². The predicted octanol–water partition coefficient (Wildman–Crippen LogP) is 4.61. The van der Waals surface area contributed by atoms with Gasteiger partial charge in [0, 0.05) is 12.6 Å². The molecule has 0 spiro atoms. The minimum absolute atomic E-state index is 0.384. The molecule has 0 unspecified atom stereocenters. The average Bonchev–Trinajstić information content (AvgIpc) is 2.36. The van der Waals surface area contributed by atoms with Crippen molar-refractivity contribution >= 4 is 29.0 Å². The molecule has 0 aliphatic carbocycles. The topological polar surface area (TPSA) is 34.1 Å². The summed E-state index contributed by atoms with van der Waals surface area (Å²) in [7, 11) is 0. The van der Waals surface area contributed by atoms with Crippen molar-refractivity contribution < 1.29 is 4.74 Å². The number of benzene rings is 1. The number of hydrogen-bond acceptors (Lipinski definition) is 3. The standard InChI is InChI=1S/C13H12Cl2N2O/c1-2-16-11-7-4-8-12(17-11)18-10-6-3-5-9(14)13(10)15/h3-8H,2H2,1H3,(H,16,17). The van der Waals surface area contributed by atoms with Crippen LogP contribution in [0.5, 0.6) is 11.6 Å². The van der Waals surface area contributed by atoms with E-state index in [1.54, 1.807) is 24.3 Å². The first-order chi connectivity index (χ1) is 8.70. The van der Waals surface area contributed by atoms with E-state index in [0.717, 1.165) is 12.4 Å². The van der Waals surface area contributed by atoms with E-state index in [1.807, 2.05) is 19.1 Å². The highest BCUT2D eigenvalue weighted by molar-refractivity contribution is 6.42. The summed E-state index contributed by atoms with van der Waals surface area (Å²) in [6.07, 6.45) is 0.